The minimum atomic E-state index is -0.934. The molecule has 82 valence electrons. The van der Waals surface area contributed by atoms with Crippen LogP contribution in [-0.2, 0) is 16.0 Å². The first kappa shape index (κ1) is 11.8. The molecule has 2 nitrogen and oxygen atoms in total. The lowest BCUT2D eigenvalue weighted by molar-refractivity contribution is -0.122. The first-order valence-corrected chi connectivity index (χ1v) is 4.67. The molecule has 0 aliphatic rings. The predicted octanol–water partition coefficient (Wildman–Crippen LogP) is 2.11. The van der Waals surface area contributed by atoms with E-state index in [4.69, 9.17) is 4.74 Å². The van der Waals surface area contributed by atoms with Gasteiger partial charge in [0.15, 0.2) is 17.4 Å². The van der Waals surface area contributed by atoms with Crippen molar-refractivity contribution >= 4 is 5.78 Å². The van der Waals surface area contributed by atoms with Gasteiger partial charge >= 0.3 is 0 Å². The summed E-state index contributed by atoms with van der Waals surface area (Å²) in [6, 6.07) is 3.43. The van der Waals surface area contributed by atoms with Crippen LogP contribution in [0.15, 0.2) is 18.2 Å². The number of hydrogen-bond acceptors (Lipinski definition) is 2. The van der Waals surface area contributed by atoms with Crippen LogP contribution in [0.3, 0.4) is 0 Å². The molecule has 0 aliphatic heterocycles. The fourth-order valence-electron chi connectivity index (χ4n) is 1.14. The minimum absolute atomic E-state index is 0.00942. The van der Waals surface area contributed by atoms with Gasteiger partial charge in [-0.05, 0) is 24.6 Å². The largest absolute Gasteiger partial charge is 0.374 e. The van der Waals surface area contributed by atoms with E-state index in [0.29, 0.717) is 12.2 Å². The highest BCUT2D eigenvalue weighted by molar-refractivity contribution is 5.82. The molecule has 15 heavy (non-hydrogen) atoms. The molecule has 0 aromatic heterocycles. The van der Waals surface area contributed by atoms with Crippen LogP contribution < -0.4 is 0 Å². The molecule has 1 rings (SSSR count). The van der Waals surface area contributed by atoms with Crippen molar-refractivity contribution in [3.05, 3.63) is 35.4 Å². The molecule has 0 bridgehead atoms. The summed E-state index contributed by atoms with van der Waals surface area (Å²) in [6.07, 6.45) is 0.0667. The summed E-state index contributed by atoms with van der Waals surface area (Å²) >= 11 is 0. The second kappa shape index (κ2) is 5.56. The Morgan fingerprint density at radius 1 is 1.33 bits per heavy atom. The number of rotatable bonds is 5. The zero-order chi connectivity index (χ0) is 11.3. The Morgan fingerprint density at radius 3 is 2.67 bits per heavy atom. The average Bonchev–Trinajstić information content (AvgIpc) is 2.20. The van der Waals surface area contributed by atoms with Crippen LogP contribution in [0.4, 0.5) is 8.78 Å². The summed E-state index contributed by atoms with van der Waals surface area (Å²) in [5.41, 5.74) is 0.457. The van der Waals surface area contributed by atoms with Gasteiger partial charge in [-0.1, -0.05) is 6.07 Å². The van der Waals surface area contributed by atoms with Crippen LogP contribution in [0.25, 0.3) is 0 Å². The highest BCUT2D eigenvalue weighted by atomic mass is 19.2. The molecule has 4 heteroatoms. The summed E-state index contributed by atoms with van der Waals surface area (Å²) < 4.78 is 30.2. The Balaban J connectivity index is 2.57. The topological polar surface area (TPSA) is 26.3 Å². The molecule has 0 heterocycles. The molecule has 0 saturated carbocycles. The highest BCUT2D eigenvalue weighted by Crippen LogP contribution is 2.09. The van der Waals surface area contributed by atoms with Crippen LogP contribution in [0, 0.1) is 11.6 Å². The smallest absolute Gasteiger partial charge is 0.162 e. The number of carbonyl (C=O) groups is 1. The maximum Gasteiger partial charge on any atom is 0.162 e. The molecule has 0 N–H and O–H groups in total. The summed E-state index contributed by atoms with van der Waals surface area (Å²) in [6.45, 7) is 2.25. The number of ketones is 1. The number of benzene rings is 1. The molecular formula is C11H12F2O2. The first-order valence-electron chi connectivity index (χ1n) is 4.67. The second-order valence-electron chi connectivity index (χ2n) is 3.10. The maximum atomic E-state index is 12.8. The van der Waals surface area contributed by atoms with Crippen molar-refractivity contribution in [2.75, 3.05) is 13.2 Å². The van der Waals surface area contributed by atoms with Gasteiger partial charge in [-0.3, -0.25) is 4.79 Å². The van der Waals surface area contributed by atoms with Gasteiger partial charge in [0.25, 0.3) is 0 Å². The van der Waals surface area contributed by atoms with Crippen molar-refractivity contribution in [1.29, 1.82) is 0 Å². The Hall–Kier alpha value is -1.29. The van der Waals surface area contributed by atoms with Crippen LogP contribution in [0.1, 0.15) is 12.5 Å². The van der Waals surface area contributed by atoms with E-state index in [0.717, 1.165) is 12.1 Å². The van der Waals surface area contributed by atoms with Crippen molar-refractivity contribution in [2.45, 2.75) is 13.3 Å². The molecule has 0 radical (unpaired) electrons. The van der Waals surface area contributed by atoms with E-state index in [1.54, 1.807) is 6.92 Å². The van der Waals surface area contributed by atoms with Gasteiger partial charge in [0, 0.05) is 13.0 Å². The lowest BCUT2D eigenvalue weighted by atomic mass is 10.1. The average molecular weight is 214 g/mol. The fraction of sp³-hybridized carbons (Fsp3) is 0.364. The lowest BCUT2D eigenvalue weighted by Gasteiger charge is -2.02. The molecule has 0 amide bonds. The first-order chi connectivity index (χ1) is 7.13. The number of carbonyl (C=O) groups excluding carboxylic acids is 1. The third kappa shape index (κ3) is 3.75. The molecule has 1 aromatic carbocycles. The number of halogens is 2. The van der Waals surface area contributed by atoms with Crippen LogP contribution in [-0.4, -0.2) is 19.0 Å². The normalized spacial score (nSPS) is 10.3. The van der Waals surface area contributed by atoms with Gasteiger partial charge in [-0.2, -0.15) is 0 Å². The Labute approximate surface area is 86.9 Å². The van der Waals surface area contributed by atoms with Crippen molar-refractivity contribution in [3.8, 4) is 0 Å². The summed E-state index contributed by atoms with van der Waals surface area (Å²) in [5, 5.41) is 0. The SMILES string of the molecule is CCOCC(=O)Cc1ccc(F)c(F)c1. The molecule has 0 spiro atoms. The maximum absolute atomic E-state index is 12.8. The number of ether oxygens (including phenoxy) is 1. The van der Waals surface area contributed by atoms with Crippen molar-refractivity contribution in [1.82, 2.24) is 0 Å². The molecule has 0 aliphatic carbocycles. The quantitative estimate of drug-likeness (QED) is 0.750. The van der Waals surface area contributed by atoms with Gasteiger partial charge < -0.3 is 4.74 Å². The Kier molecular flexibility index (Phi) is 4.37. The monoisotopic (exact) mass is 214 g/mol. The molecule has 0 atom stereocenters. The van der Waals surface area contributed by atoms with Crippen LogP contribution in [0.2, 0.25) is 0 Å². The van der Waals surface area contributed by atoms with Crippen molar-refractivity contribution in [2.24, 2.45) is 0 Å². The van der Waals surface area contributed by atoms with E-state index in [9.17, 15) is 13.6 Å². The molecular weight excluding hydrogens is 202 g/mol. The molecule has 0 saturated heterocycles. The predicted molar refractivity (Wildman–Crippen MR) is 51.6 cm³/mol. The number of hydrogen-bond donors (Lipinski definition) is 0. The van der Waals surface area contributed by atoms with E-state index >= 15 is 0 Å². The fourth-order valence-corrected chi connectivity index (χ4v) is 1.14. The van der Waals surface area contributed by atoms with E-state index in [-0.39, 0.29) is 18.8 Å². The van der Waals surface area contributed by atoms with Gasteiger partial charge in [-0.25, -0.2) is 8.78 Å². The van der Waals surface area contributed by atoms with Crippen LogP contribution >= 0.6 is 0 Å². The van der Waals surface area contributed by atoms with Gasteiger partial charge in [0.1, 0.15) is 6.61 Å². The third-order valence-electron chi connectivity index (χ3n) is 1.85. The third-order valence-corrected chi connectivity index (χ3v) is 1.85. The second-order valence-corrected chi connectivity index (χ2v) is 3.10. The molecule has 0 fully saturated rings. The van der Waals surface area contributed by atoms with Gasteiger partial charge in [-0.15, -0.1) is 0 Å². The highest BCUT2D eigenvalue weighted by Gasteiger charge is 2.07. The lowest BCUT2D eigenvalue weighted by Crippen LogP contribution is -2.11. The van der Waals surface area contributed by atoms with Crippen LogP contribution in [0.5, 0.6) is 0 Å². The van der Waals surface area contributed by atoms with E-state index in [1.165, 1.54) is 6.07 Å². The van der Waals surface area contributed by atoms with Crippen molar-refractivity contribution < 1.29 is 18.3 Å². The van der Waals surface area contributed by atoms with Crippen molar-refractivity contribution in [3.63, 3.8) is 0 Å². The zero-order valence-electron chi connectivity index (χ0n) is 8.43. The Bertz CT molecular complexity index is 350. The summed E-state index contributed by atoms with van der Waals surface area (Å²) in [5.74, 6) is -1.99. The summed E-state index contributed by atoms with van der Waals surface area (Å²) in [4.78, 5) is 11.2. The van der Waals surface area contributed by atoms with Gasteiger partial charge in [0.05, 0.1) is 0 Å². The molecule has 0 unspecified atom stereocenters. The van der Waals surface area contributed by atoms with E-state index < -0.39 is 11.6 Å². The van der Waals surface area contributed by atoms with Gasteiger partial charge in [0.2, 0.25) is 0 Å². The van der Waals surface area contributed by atoms with E-state index in [1.807, 2.05) is 0 Å². The Morgan fingerprint density at radius 2 is 2.07 bits per heavy atom. The van der Waals surface area contributed by atoms with E-state index in [2.05, 4.69) is 0 Å². The standard InChI is InChI=1S/C11H12F2O2/c1-2-15-7-9(14)5-8-3-4-10(12)11(13)6-8/h3-4,6H,2,5,7H2,1H3. The molecule has 1 aromatic rings. The zero-order valence-corrected chi connectivity index (χ0v) is 8.43. The number of Topliss-reactive ketones (excluding diaryl/α,β-unsaturated/α-hetero) is 1. The summed E-state index contributed by atoms with van der Waals surface area (Å²) in [7, 11) is 0. The minimum Gasteiger partial charge on any atom is -0.374 e.